The Morgan fingerprint density at radius 2 is 1.69 bits per heavy atom. The van der Waals surface area contributed by atoms with Crippen LogP contribution in [0, 0.1) is 5.82 Å². The molecule has 0 unspecified atom stereocenters. The van der Waals surface area contributed by atoms with Crippen LogP contribution in [0.1, 0.15) is 0 Å². The molecule has 4 aromatic rings. The number of rotatable bonds is 3. The van der Waals surface area contributed by atoms with Crippen molar-refractivity contribution < 1.29 is 4.39 Å². The molecule has 0 atom stereocenters. The molecule has 6 N–H and O–H groups in total. The number of nitrogens with zero attached hydrogens (tertiary/aromatic N) is 4. The van der Waals surface area contributed by atoms with E-state index in [9.17, 15) is 4.39 Å². The summed E-state index contributed by atoms with van der Waals surface area (Å²) >= 11 is 0. The molecule has 7 nitrogen and oxygen atoms in total. The van der Waals surface area contributed by atoms with E-state index < -0.39 is 0 Å². The highest BCUT2D eigenvalue weighted by molar-refractivity contribution is 5.93. The van der Waals surface area contributed by atoms with Crippen molar-refractivity contribution in [3.8, 4) is 22.4 Å². The zero-order valence-electron chi connectivity index (χ0n) is 15.3. The highest BCUT2D eigenvalue weighted by Gasteiger charge is 2.08. The van der Waals surface area contributed by atoms with E-state index >= 15 is 0 Å². The van der Waals surface area contributed by atoms with Gasteiger partial charge in [0.25, 0.3) is 0 Å². The van der Waals surface area contributed by atoms with Crippen molar-refractivity contribution in [2.24, 2.45) is 27.2 Å². The van der Waals surface area contributed by atoms with Gasteiger partial charge in [0, 0.05) is 11.8 Å². The van der Waals surface area contributed by atoms with E-state index in [1.54, 1.807) is 24.4 Å². The zero-order valence-corrected chi connectivity index (χ0v) is 15.3. The van der Waals surface area contributed by atoms with E-state index in [0.29, 0.717) is 5.69 Å². The quantitative estimate of drug-likeness (QED) is 0.370. The van der Waals surface area contributed by atoms with Gasteiger partial charge in [-0.3, -0.25) is 4.40 Å². The number of guanidine groups is 2. The number of aliphatic imine (C=N–C) groups is 2. The molecule has 0 aliphatic heterocycles. The fourth-order valence-electron chi connectivity index (χ4n) is 3.04. The van der Waals surface area contributed by atoms with Gasteiger partial charge in [-0.15, -0.1) is 0 Å². The van der Waals surface area contributed by atoms with E-state index in [1.807, 2.05) is 40.9 Å². The summed E-state index contributed by atoms with van der Waals surface area (Å²) in [5.41, 5.74) is 21.4. The summed E-state index contributed by atoms with van der Waals surface area (Å²) in [5.74, 6) is -0.439. The molecule has 2 aromatic carbocycles. The number of hydrogen-bond acceptors (Lipinski definition) is 2. The molecule has 2 aromatic heterocycles. The maximum atomic E-state index is 13.2. The summed E-state index contributed by atoms with van der Waals surface area (Å²) in [5, 5.41) is 0. The van der Waals surface area contributed by atoms with Gasteiger partial charge in [0.1, 0.15) is 11.5 Å². The third-order valence-electron chi connectivity index (χ3n) is 4.32. The third-order valence-corrected chi connectivity index (χ3v) is 4.32. The van der Waals surface area contributed by atoms with Gasteiger partial charge in [0.2, 0.25) is 5.96 Å². The van der Waals surface area contributed by atoms with Crippen molar-refractivity contribution in [3.63, 3.8) is 0 Å². The highest BCUT2D eigenvalue weighted by Crippen LogP contribution is 2.27. The minimum atomic E-state index is -0.263. The van der Waals surface area contributed by atoms with Crippen LogP contribution in [0.3, 0.4) is 0 Å². The number of fused-ring (bicyclic) bond motifs is 1. The van der Waals surface area contributed by atoms with Crippen molar-refractivity contribution in [1.29, 1.82) is 0 Å². The number of aromatic nitrogens is 2. The Hall–Kier alpha value is -4.20. The molecule has 0 saturated heterocycles. The van der Waals surface area contributed by atoms with Crippen LogP contribution in [0.2, 0.25) is 0 Å². The smallest absolute Gasteiger partial charge is 0.223 e. The number of imidazole rings is 1. The lowest BCUT2D eigenvalue weighted by Gasteiger charge is -2.06. The largest absolute Gasteiger partial charge is 0.370 e. The first-order valence-corrected chi connectivity index (χ1v) is 8.77. The fourth-order valence-corrected chi connectivity index (χ4v) is 3.04. The van der Waals surface area contributed by atoms with Crippen LogP contribution in [0.15, 0.2) is 83.0 Å². The van der Waals surface area contributed by atoms with Crippen molar-refractivity contribution in [1.82, 2.24) is 9.38 Å². The second-order valence-corrected chi connectivity index (χ2v) is 6.35. The number of halogens is 1. The molecule has 29 heavy (non-hydrogen) atoms. The Morgan fingerprint density at radius 1 is 0.897 bits per heavy atom. The highest BCUT2D eigenvalue weighted by atomic mass is 19.1. The van der Waals surface area contributed by atoms with Crippen LogP contribution in [0.25, 0.3) is 28.0 Å². The number of nitrogens with two attached hydrogens (primary N) is 3. The number of benzene rings is 2. The molecule has 0 fully saturated rings. The monoisotopic (exact) mass is 387 g/mol. The summed E-state index contributed by atoms with van der Waals surface area (Å²) < 4.78 is 15.1. The topological polar surface area (TPSA) is 120 Å². The second-order valence-electron chi connectivity index (χ2n) is 6.35. The summed E-state index contributed by atoms with van der Waals surface area (Å²) in [7, 11) is 0. The first-order chi connectivity index (χ1) is 14.0. The van der Waals surface area contributed by atoms with E-state index in [0.717, 1.165) is 28.0 Å². The van der Waals surface area contributed by atoms with Crippen LogP contribution < -0.4 is 17.2 Å². The molecular formula is C21H18FN7. The SMILES string of the molecule is NC(N)=NC(N)=Nc1cccc(-c2cnc3cc(-c4ccc(F)cc4)ccn23)c1. The van der Waals surface area contributed by atoms with Crippen molar-refractivity contribution in [2.45, 2.75) is 0 Å². The first kappa shape index (κ1) is 18.2. The van der Waals surface area contributed by atoms with Gasteiger partial charge in [-0.1, -0.05) is 24.3 Å². The summed E-state index contributed by atoms with van der Waals surface area (Å²) in [6.45, 7) is 0. The maximum absolute atomic E-state index is 13.2. The Kier molecular flexibility index (Phi) is 4.66. The van der Waals surface area contributed by atoms with Gasteiger partial charge in [-0.25, -0.2) is 14.4 Å². The molecule has 144 valence electrons. The Morgan fingerprint density at radius 3 is 2.45 bits per heavy atom. The van der Waals surface area contributed by atoms with Crippen LogP contribution in [0.4, 0.5) is 10.1 Å². The number of hydrogen-bond donors (Lipinski definition) is 3. The predicted octanol–water partition coefficient (Wildman–Crippen LogP) is 3.03. The summed E-state index contributed by atoms with van der Waals surface area (Å²) in [4.78, 5) is 12.4. The lowest BCUT2D eigenvalue weighted by molar-refractivity contribution is 0.628. The molecule has 0 saturated carbocycles. The molecule has 4 rings (SSSR count). The molecule has 0 radical (unpaired) electrons. The second kappa shape index (κ2) is 7.43. The van der Waals surface area contributed by atoms with E-state index in [4.69, 9.17) is 17.2 Å². The molecule has 0 amide bonds. The molecular weight excluding hydrogens is 369 g/mol. The van der Waals surface area contributed by atoms with Crippen LogP contribution in [-0.4, -0.2) is 21.3 Å². The van der Waals surface area contributed by atoms with Crippen molar-refractivity contribution >= 4 is 23.3 Å². The third kappa shape index (κ3) is 3.91. The molecule has 0 aliphatic rings. The molecule has 2 heterocycles. The van der Waals surface area contributed by atoms with Crippen LogP contribution in [-0.2, 0) is 0 Å². The van der Waals surface area contributed by atoms with Crippen molar-refractivity contribution in [2.75, 3.05) is 0 Å². The van der Waals surface area contributed by atoms with Crippen LogP contribution >= 0.6 is 0 Å². The normalized spacial score (nSPS) is 11.6. The summed E-state index contributed by atoms with van der Waals surface area (Å²) in [6.07, 6.45) is 3.71. The fraction of sp³-hybridized carbons (Fsp3) is 0. The lowest BCUT2D eigenvalue weighted by Crippen LogP contribution is -2.26. The van der Waals surface area contributed by atoms with Gasteiger partial charge in [0.15, 0.2) is 5.96 Å². The maximum Gasteiger partial charge on any atom is 0.223 e. The number of pyridine rings is 1. The van der Waals surface area contributed by atoms with Crippen LogP contribution in [0.5, 0.6) is 0 Å². The van der Waals surface area contributed by atoms with E-state index in [2.05, 4.69) is 15.0 Å². The minimum absolute atomic E-state index is 0.0239. The minimum Gasteiger partial charge on any atom is -0.370 e. The summed E-state index contributed by atoms with van der Waals surface area (Å²) in [6, 6.07) is 17.8. The van der Waals surface area contributed by atoms with Gasteiger partial charge in [-0.2, -0.15) is 4.99 Å². The Bertz CT molecular complexity index is 1240. The van der Waals surface area contributed by atoms with E-state index in [-0.39, 0.29) is 17.7 Å². The standard InChI is InChI=1S/C21H18FN7/c22-16-6-4-13(5-7-16)14-8-9-29-18(12-26-19(29)11-14)15-2-1-3-17(10-15)27-21(25)28-20(23)24/h1-12H,(H6,23,24,25,27,28). The molecule has 8 heteroatoms. The molecule has 0 bridgehead atoms. The lowest BCUT2D eigenvalue weighted by atomic mass is 10.1. The van der Waals surface area contributed by atoms with E-state index in [1.165, 1.54) is 12.1 Å². The predicted molar refractivity (Wildman–Crippen MR) is 113 cm³/mol. The van der Waals surface area contributed by atoms with Gasteiger partial charge < -0.3 is 17.2 Å². The molecule has 0 spiro atoms. The Balaban J connectivity index is 1.71. The van der Waals surface area contributed by atoms with Gasteiger partial charge in [0.05, 0.1) is 17.6 Å². The first-order valence-electron chi connectivity index (χ1n) is 8.77. The zero-order chi connectivity index (χ0) is 20.4. The Labute approximate surface area is 166 Å². The average molecular weight is 387 g/mol. The average Bonchev–Trinajstić information content (AvgIpc) is 3.11. The van der Waals surface area contributed by atoms with Gasteiger partial charge >= 0.3 is 0 Å². The van der Waals surface area contributed by atoms with Crippen molar-refractivity contribution in [3.05, 3.63) is 78.9 Å². The van der Waals surface area contributed by atoms with Gasteiger partial charge in [-0.05, 0) is 47.5 Å². The molecule has 0 aliphatic carbocycles.